The Morgan fingerprint density at radius 2 is 1.92 bits per heavy atom. The van der Waals surface area contributed by atoms with Crippen LogP contribution in [0.4, 0.5) is 4.79 Å². The van der Waals surface area contributed by atoms with Gasteiger partial charge in [0.15, 0.2) is 0 Å². The molecule has 0 aliphatic carbocycles. The number of thioether (sulfide) groups is 1. The van der Waals surface area contributed by atoms with Crippen LogP contribution in [0.5, 0.6) is 6.01 Å². The second-order valence-corrected chi connectivity index (χ2v) is 6.46. The Morgan fingerprint density at radius 3 is 2.62 bits per heavy atom. The highest BCUT2D eigenvalue weighted by atomic mass is 32.2. The number of methoxy groups -OCH3 is 1. The van der Waals surface area contributed by atoms with Gasteiger partial charge in [0, 0.05) is 29.5 Å². The summed E-state index contributed by atoms with van der Waals surface area (Å²) in [5.74, 6) is -0.380. The summed E-state index contributed by atoms with van der Waals surface area (Å²) >= 11 is 0.891. The Bertz CT molecular complexity index is 1060. The first kappa shape index (κ1) is 16.2. The van der Waals surface area contributed by atoms with Crippen molar-refractivity contribution in [1.29, 1.82) is 0 Å². The number of aromatic nitrogens is 3. The van der Waals surface area contributed by atoms with Gasteiger partial charge < -0.3 is 4.74 Å². The molecule has 4 rings (SSSR count). The Morgan fingerprint density at radius 1 is 1.12 bits per heavy atom. The number of carbonyl (C=O) groups is 2. The molecule has 0 unspecified atom stereocenters. The topological polar surface area (TPSA) is 94.1 Å². The number of pyridine rings is 1. The molecular formula is C18H12N4O3S. The van der Waals surface area contributed by atoms with Crippen LogP contribution in [0.1, 0.15) is 5.56 Å². The number of hydrogen-bond acceptors (Lipinski definition) is 7. The van der Waals surface area contributed by atoms with Crippen molar-refractivity contribution in [2.24, 2.45) is 0 Å². The molecule has 128 valence electrons. The number of nitrogens with one attached hydrogen (secondary N) is 1. The molecule has 26 heavy (non-hydrogen) atoms. The Balaban J connectivity index is 1.80. The van der Waals surface area contributed by atoms with Crippen LogP contribution >= 0.6 is 11.8 Å². The molecule has 1 fully saturated rings. The van der Waals surface area contributed by atoms with Gasteiger partial charge in [-0.25, -0.2) is 9.97 Å². The van der Waals surface area contributed by atoms with Crippen molar-refractivity contribution in [2.45, 2.75) is 0 Å². The number of nitrogens with zero attached hydrogens (tertiary/aromatic N) is 3. The second-order valence-electron chi connectivity index (χ2n) is 5.45. The Labute approximate surface area is 152 Å². The second kappa shape index (κ2) is 6.57. The normalized spacial score (nSPS) is 15.5. The van der Waals surface area contributed by atoms with Gasteiger partial charge in [-0.1, -0.05) is 6.07 Å². The van der Waals surface area contributed by atoms with Crippen LogP contribution in [0.15, 0.2) is 47.8 Å². The average Bonchev–Trinajstić information content (AvgIpc) is 2.98. The summed E-state index contributed by atoms with van der Waals surface area (Å²) < 4.78 is 4.99. The van der Waals surface area contributed by atoms with Crippen molar-refractivity contribution in [3.05, 3.63) is 53.3 Å². The lowest BCUT2D eigenvalue weighted by molar-refractivity contribution is -0.115. The highest BCUT2D eigenvalue weighted by Crippen LogP contribution is 2.30. The molecule has 0 bridgehead atoms. The first-order valence-electron chi connectivity index (χ1n) is 7.64. The monoisotopic (exact) mass is 364 g/mol. The van der Waals surface area contributed by atoms with E-state index in [0.717, 1.165) is 39.4 Å². The molecule has 0 atom stereocenters. The van der Waals surface area contributed by atoms with Crippen LogP contribution in [0.3, 0.4) is 0 Å². The van der Waals surface area contributed by atoms with E-state index in [1.165, 1.54) is 7.11 Å². The molecular weight excluding hydrogens is 352 g/mol. The van der Waals surface area contributed by atoms with E-state index in [2.05, 4.69) is 20.3 Å². The lowest BCUT2D eigenvalue weighted by atomic mass is 10.0. The molecule has 1 aliphatic heterocycles. The van der Waals surface area contributed by atoms with Gasteiger partial charge in [-0.05, 0) is 47.2 Å². The first-order valence-corrected chi connectivity index (χ1v) is 8.46. The van der Waals surface area contributed by atoms with E-state index in [4.69, 9.17) is 4.74 Å². The maximum Gasteiger partial charge on any atom is 0.316 e. The van der Waals surface area contributed by atoms with Crippen molar-refractivity contribution in [3.8, 4) is 17.1 Å². The maximum absolute atomic E-state index is 11.7. The number of fused-ring (bicyclic) bond motifs is 1. The van der Waals surface area contributed by atoms with E-state index in [-0.39, 0.29) is 11.1 Å². The molecule has 0 saturated carbocycles. The summed E-state index contributed by atoms with van der Waals surface area (Å²) in [6, 6.07) is 7.82. The van der Waals surface area contributed by atoms with Gasteiger partial charge >= 0.3 is 6.01 Å². The molecule has 2 aromatic heterocycles. The largest absolute Gasteiger partial charge is 0.467 e. The van der Waals surface area contributed by atoms with E-state index in [1.807, 2.05) is 24.3 Å². The molecule has 1 aliphatic rings. The zero-order chi connectivity index (χ0) is 18.1. The lowest BCUT2D eigenvalue weighted by Crippen LogP contribution is -2.17. The standard InChI is InChI=1S/C18H12N4O3S/c1-25-17-20-8-11(9-21-17)12-4-5-19-14-3-2-10(6-13(12)14)7-15-16(23)22-18(24)26-15/h2-9H,1H3,(H,22,23,24)/b15-7+. The van der Waals surface area contributed by atoms with Crippen LogP contribution < -0.4 is 10.1 Å². The lowest BCUT2D eigenvalue weighted by Gasteiger charge is -2.07. The summed E-state index contributed by atoms with van der Waals surface area (Å²) in [7, 11) is 1.51. The fourth-order valence-electron chi connectivity index (χ4n) is 2.64. The summed E-state index contributed by atoms with van der Waals surface area (Å²) in [6.45, 7) is 0. The minimum Gasteiger partial charge on any atom is -0.467 e. The zero-order valence-corrected chi connectivity index (χ0v) is 14.4. The number of rotatable bonds is 3. The van der Waals surface area contributed by atoms with Crippen molar-refractivity contribution < 1.29 is 14.3 Å². The summed E-state index contributed by atoms with van der Waals surface area (Å²) in [5, 5.41) is 2.78. The van der Waals surface area contributed by atoms with Crippen LogP contribution in [0.2, 0.25) is 0 Å². The van der Waals surface area contributed by atoms with Gasteiger partial charge in [0.05, 0.1) is 17.5 Å². The fourth-order valence-corrected chi connectivity index (χ4v) is 3.32. The van der Waals surface area contributed by atoms with E-state index < -0.39 is 0 Å². The van der Waals surface area contributed by atoms with Gasteiger partial charge in [0.25, 0.3) is 11.1 Å². The maximum atomic E-state index is 11.7. The predicted molar refractivity (Wildman–Crippen MR) is 98.4 cm³/mol. The van der Waals surface area contributed by atoms with Gasteiger partial charge in [0.2, 0.25) is 0 Å². The van der Waals surface area contributed by atoms with Crippen molar-refractivity contribution in [1.82, 2.24) is 20.3 Å². The van der Waals surface area contributed by atoms with Crippen LogP contribution in [0.25, 0.3) is 28.1 Å². The third-order valence-electron chi connectivity index (χ3n) is 3.83. The number of amides is 2. The quantitative estimate of drug-likeness (QED) is 0.714. The molecule has 0 spiro atoms. The van der Waals surface area contributed by atoms with E-state index >= 15 is 0 Å². The number of carbonyl (C=O) groups excluding carboxylic acids is 2. The number of ether oxygens (including phenoxy) is 1. The van der Waals surface area contributed by atoms with Gasteiger partial charge in [0.1, 0.15) is 0 Å². The van der Waals surface area contributed by atoms with Gasteiger partial charge in [-0.2, -0.15) is 0 Å². The smallest absolute Gasteiger partial charge is 0.316 e. The van der Waals surface area contributed by atoms with Crippen molar-refractivity contribution >= 4 is 39.9 Å². The Kier molecular flexibility index (Phi) is 4.10. The number of imide groups is 1. The van der Waals surface area contributed by atoms with Crippen LogP contribution in [-0.4, -0.2) is 33.2 Å². The first-order chi connectivity index (χ1) is 12.6. The van der Waals surface area contributed by atoms with Crippen molar-refractivity contribution in [2.75, 3.05) is 7.11 Å². The SMILES string of the molecule is COc1ncc(-c2ccnc3ccc(/C=C4/SC(=O)NC4=O)cc23)cn1. The van der Waals surface area contributed by atoms with Gasteiger partial charge in [-0.3, -0.25) is 19.9 Å². The van der Waals surface area contributed by atoms with E-state index in [9.17, 15) is 9.59 Å². The zero-order valence-electron chi connectivity index (χ0n) is 13.6. The predicted octanol–water partition coefficient (Wildman–Crippen LogP) is 3.02. The number of benzene rings is 1. The fraction of sp³-hybridized carbons (Fsp3) is 0.0556. The summed E-state index contributed by atoms with van der Waals surface area (Å²) in [5.41, 5.74) is 3.34. The third kappa shape index (κ3) is 3.02. The molecule has 2 amide bonds. The highest BCUT2D eigenvalue weighted by Gasteiger charge is 2.24. The Hall–Kier alpha value is -3.26. The number of hydrogen-bond donors (Lipinski definition) is 1. The van der Waals surface area contributed by atoms with E-state index in [0.29, 0.717) is 10.9 Å². The van der Waals surface area contributed by atoms with Crippen LogP contribution in [0, 0.1) is 0 Å². The minimum atomic E-state index is -0.380. The molecule has 1 aromatic carbocycles. The molecule has 0 radical (unpaired) electrons. The van der Waals surface area contributed by atoms with Crippen molar-refractivity contribution in [3.63, 3.8) is 0 Å². The molecule has 7 nitrogen and oxygen atoms in total. The molecule has 1 N–H and O–H groups in total. The average molecular weight is 364 g/mol. The third-order valence-corrected chi connectivity index (χ3v) is 4.64. The van der Waals surface area contributed by atoms with E-state index in [1.54, 1.807) is 24.7 Å². The van der Waals surface area contributed by atoms with Crippen LogP contribution in [-0.2, 0) is 4.79 Å². The summed E-state index contributed by atoms with van der Waals surface area (Å²) in [6.07, 6.45) is 6.78. The summed E-state index contributed by atoms with van der Waals surface area (Å²) in [4.78, 5) is 36.1. The molecule has 1 saturated heterocycles. The molecule has 3 heterocycles. The molecule has 3 aromatic rings. The molecule has 8 heteroatoms. The van der Waals surface area contributed by atoms with Gasteiger partial charge in [-0.15, -0.1) is 0 Å². The minimum absolute atomic E-state index is 0.298. The highest BCUT2D eigenvalue weighted by molar-refractivity contribution is 8.18.